The lowest BCUT2D eigenvalue weighted by atomic mass is 10.1. The van der Waals surface area contributed by atoms with Crippen LogP contribution in [-0.4, -0.2) is 61.3 Å². The van der Waals surface area contributed by atoms with Crippen LogP contribution in [0.1, 0.15) is 6.92 Å². The second-order valence-electron chi connectivity index (χ2n) is 4.54. The molecular formula is C9H18N2O4. The van der Waals surface area contributed by atoms with E-state index in [0.717, 1.165) is 0 Å². The minimum absolute atomic E-state index is 0.207. The number of rotatable bonds is 5. The first-order valence-corrected chi connectivity index (χ1v) is 4.60. The van der Waals surface area contributed by atoms with Gasteiger partial charge in [0.2, 0.25) is 5.91 Å². The number of nitrogens with zero attached hydrogens (tertiary/aromatic N) is 1. The summed E-state index contributed by atoms with van der Waals surface area (Å²) in [7, 11) is 5.43. The van der Waals surface area contributed by atoms with Crippen molar-refractivity contribution in [3.63, 3.8) is 0 Å². The molecule has 1 amide bonds. The molecule has 6 nitrogen and oxygen atoms in total. The van der Waals surface area contributed by atoms with Gasteiger partial charge in [0.25, 0.3) is 0 Å². The maximum atomic E-state index is 10.7. The molecule has 0 saturated heterocycles. The molecule has 6 heteroatoms. The van der Waals surface area contributed by atoms with E-state index >= 15 is 0 Å². The molecule has 0 rings (SSSR count). The summed E-state index contributed by atoms with van der Waals surface area (Å²) >= 11 is 0. The molecule has 0 aliphatic carbocycles. The Balaban J connectivity index is 4.49. The summed E-state index contributed by atoms with van der Waals surface area (Å²) in [4.78, 5) is 21.4. The van der Waals surface area contributed by atoms with Crippen LogP contribution in [0.3, 0.4) is 0 Å². The van der Waals surface area contributed by atoms with Gasteiger partial charge in [0, 0.05) is 6.92 Å². The Labute approximate surface area is 89.1 Å². The monoisotopic (exact) mass is 218 g/mol. The largest absolute Gasteiger partial charge is 0.548 e. The number of aliphatic hydroxyl groups is 1. The summed E-state index contributed by atoms with van der Waals surface area (Å²) in [6.07, 6.45) is -1.17. The third-order valence-corrected chi connectivity index (χ3v) is 1.73. The van der Waals surface area contributed by atoms with Crippen molar-refractivity contribution in [3.8, 4) is 0 Å². The molecule has 0 aliphatic heterocycles. The van der Waals surface area contributed by atoms with Gasteiger partial charge in [0.15, 0.2) is 0 Å². The number of carbonyl (C=O) groups is 2. The molecule has 0 bridgehead atoms. The minimum Gasteiger partial charge on any atom is -0.548 e. The lowest BCUT2D eigenvalue weighted by Crippen LogP contribution is -2.58. The van der Waals surface area contributed by atoms with Gasteiger partial charge in [-0.15, -0.1) is 0 Å². The first kappa shape index (κ1) is 13.9. The maximum Gasteiger partial charge on any atom is 0.217 e. The number of hydrogen-bond acceptors (Lipinski definition) is 4. The van der Waals surface area contributed by atoms with Gasteiger partial charge >= 0.3 is 0 Å². The van der Waals surface area contributed by atoms with Gasteiger partial charge in [-0.05, 0) is 0 Å². The quantitative estimate of drug-likeness (QED) is 0.492. The molecule has 2 N–H and O–H groups in total. The average Bonchev–Trinajstić information content (AvgIpc) is 1.95. The van der Waals surface area contributed by atoms with Crippen molar-refractivity contribution in [2.75, 3.05) is 27.7 Å². The smallest absolute Gasteiger partial charge is 0.217 e. The first-order valence-electron chi connectivity index (χ1n) is 4.60. The molecule has 0 aromatic rings. The molecule has 0 aromatic heterocycles. The summed E-state index contributed by atoms with van der Waals surface area (Å²) in [5, 5.41) is 22.4. The van der Waals surface area contributed by atoms with Crippen molar-refractivity contribution in [2.24, 2.45) is 0 Å². The Morgan fingerprint density at radius 2 is 1.87 bits per heavy atom. The molecule has 0 aliphatic rings. The van der Waals surface area contributed by atoms with Crippen molar-refractivity contribution < 1.29 is 24.3 Å². The van der Waals surface area contributed by atoms with Crippen molar-refractivity contribution in [1.82, 2.24) is 5.32 Å². The van der Waals surface area contributed by atoms with Crippen LogP contribution < -0.4 is 10.4 Å². The first-order chi connectivity index (χ1) is 6.63. The lowest BCUT2D eigenvalue weighted by molar-refractivity contribution is -0.873. The molecule has 0 aromatic carbocycles. The predicted molar refractivity (Wildman–Crippen MR) is 51.5 cm³/mol. The highest BCUT2D eigenvalue weighted by molar-refractivity contribution is 5.81. The molecule has 15 heavy (non-hydrogen) atoms. The topological polar surface area (TPSA) is 89.5 Å². The highest BCUT2D eigenvalue weighted by Gasteiger charge is 2.26. The number of amides is 1. The number of quaternary nitrogens is 1. The maximum absolute atomic E-state index is 10.7. The third kappa shape index (κ3) is 6.03. The molecule has 0 spiro atoms. The van der Waals surface area contributed by atoms with E-state index in [4.69, 9.17) is 0 Å². The molecule has 2 atom stereocenters. The highest BCUT2D eigenvalue weighted by Crippen LogP contribution is 2.00. The average molecular weight is 218 g/mol. The van der Waals surface area contributed by atoms with E-state index in [1.807, 2.05) is 21.1 Å². The number of nitrogens with one attached hydrogen (secondary N) is 1. The minimum atomic E-state index is -1.48. The van der Waals surface area contributed by atoms with Crippen molar-refractivity contribution in [2.45, 2.75) is 19.1 Å². The van der Waals surface area contributed by atoms with Crippen LogP contribution in [0.4, 0.5) is 0 Å². The summed E-state index contributed by atoms with van der Waals surface area (Å²) in [5.74, 6) is -1.99. The fourth-order valence-electron chi connectivity index (χ4n) is 1.20. The summed E-state index contributed by atoms with van der Waals surface area (Å²) in [5.41, 5.74) is 0. The standard InChI is InChI=1S/C9H18N2O4/c1-6(12)10-8(9(14)15)7(13)5-11(2,3)4/h7-8,13H,5H2,1-4H3,(H-,10,12,14,15)/t7-,8-/m0/s1. The normalized spacial score (nSPS) is 15.5. The van der Waals surface area contributed by atoms with Crippen LogP contribution in [0.25, 0.3) is 0 Å². The van der Waals surface area contributed by atoms with Crippen LogP contribution in [0, 0.1) is 0 Å². The van der Waals surface area contributed by atoms with E-state index in [0.29, 0.717) is 4.48 Å². The zero-order valence-corrected chi connectivity index (χ0v) is 9.48. The summed E-state index contributed by atoms with van der Waals surface area (Å²) in [6.45, 7) is 1.40. The predicted octanol–water partition coefficient (Wildman–Crippen LogP) is -2.69. The summed E-state index contributed by atoms with van der Waals surface area (Å²) < 4.78 is 0.393. The molecule has 88 valence electrons. The highest BCUT2D eigenvalue weighted by atomic mass is 16.4. The molecule has 0 saturated carbocycles. The van der Waals surface area contributed by atoms with E-state index in [1.165, 1.54) is 6.92 Å². The van der Waals surface area contributed by atoms with E-state index in [1.54, 1.807) is 0 Å². The van der Waals surface area contributed by atoms with Crippen molar-refractivity contribution >= 4 is 11.9 Å². The second kappa shape index (κ2) is 5.09. The van der Waals surface area contributed by atoms with E-state index < -0.39 is 24.0 Å². The number of likely N-dealkylation sites (N-methyl/N-ethyl adjacent to an activating group) is 1. The Bertz CT molecular complexity index is 247. The molecule has 0 unspecified atom stereocenters. The number of hydrogen-bond donors (Lipinski definition) is 2. The van der Waals surface area contributed by atoms with Gasteiger partial charge < -0.3 is 24.8 Å². The van der Waals surface area contributed by atoms with E-state index in [9.17, 15) is 19.8 Å². The third-order valence-electron chi connectivity index (χ3n) is 1.73. The SMILES string of the molecule is CC(=O)N[C@H](C(=O)[O-])[C@@H](O)C[N+](C)(C)C. The molecule has 0 fully saturated rings. The van der Waals surface area contributed by atoms with Crippen LogP contribution in [-0.2, 0) is 9.59 Å². The number of carbonyl (C=O) groups excluding carboxylic acids is 2. The Kier molecular flexibility index (Phi) is 4.70. The lowest BCUT2D eigenvalue weighted by Gasteiger charge is -2.31. The van der Waals surface area contributed by atoms with Crippen LogP contribution in [0.15, 0.2) is 0 Å². The second-order valence-corrected chi connectivity index (χ2v) is 4.54. The Hall–Kier alpha value is -1.14. The molecule has 0 heterocycles. The van der Waals surface area contributed by atoms with Gasteiger partial charge in [-0.25, -0.2) is 0 Å². The number of carboxylic acid groups (broad SMARTS) is 1. The number of carboxylic acids is 1. The van der Waals surface area contributed by atoms with Crippen LogP contribution in [0.2, 0.25) is 0 Å². The van der Waals surface area contributed by atoms with Gasteiger partial charge in [-0.2, -0.15) is 0 Å². The van der Waals surface area contributed by atoms with E-state index in [-0.39, 0.29) is 6.54 Å². The van der Waals surface area contributed by atoms with Gasteiger partial charge in [0.05, 0.1) is 33.2 Å². The van der Waals surface area contributed by atoms with Gasteiger partial charge in [-0.3, -0.25) is 4.79 Å². The van der Waals surface area contributed by atoms with Gasteiger partial charge in [-0.1, -0.05) is 0 Å². The van der Waals surface area contributed by atoms with Crippen molar-refractivity contribution in [1.29, 1.82) is 0 Å². The number of aliphatic carboxylic acids is 1. The zero-order valence-electron chi connectivity index (χ0n) is 9.48. The number of aliphatic hydroxyl groups excluding tert-OH is 1. The fraction of sp³-hybridized carbons (Fsp3) is 0.778. The molecular weight excluding hydrogens is 200 g/mol. The van der Waals surface area contributed by atoms with Gasteiger partial charge in [0.1, 0.15) is 12.6 Å². The molecule has 0 radical (unpaired) electrons. The van der Waals surface area contributed by atoms with Crippen LogP contribution in [0.5, 0.6) is 0 Å². The van der Waals surface area contributed by atoms with E-state index in [2.05, 4.69) is 5.32 Å². The van der Waals surface area contributed by atoms with Crippen LogP contribution >= 0.6 is 0 Å². The Morgan fingerprint density at radius 1 is 1.40 bits per heavy atom. The Morgan fingerprint density at radius 3 is 2.13 bits per heavy atom. The summed E-state index contributed by atoms with van der Waals surface area (Å²) in [6, 6.07) is -1.36. The fourth-order valence-corrected chi connectivity index (χ4v) is 1.20. The van der Waals surface area contributed by atoms with Crippen molar-refractivity contribution in [3.05, 3.63) is 0 Å². The zero-order chi connectivity index (χ0) is 12.2.